The fourth-order valence-corrected chi connectivity index (χ4v) is 3.44. The summed E-state index contributed by atoms with van der Waals surface area (Å²) in [7, 11) is 3.93. The van der Waals surface area contributed by atoms with Gasteiger partial charge in [-0.15, -0.1) is 0 Å². The Morgan fingerprint density at radius 2 is 1.85 bits per heavy atom. The zero-order chi connectivity index (χ0) is 18.7. The van der Waals surface area contributed by atoms with E-state index in [2.05, 4.69) is 5.10 Å². The zero-order valence-electron chi connectivity index (χ0n) is 14.2. The molecule has 0 N–H and O–H groups in total. The Labute approximate surface area is 161 Å². The quantitative estimate of drug-likeness (QED) is 0.450. The summed E-state index contributed by atoms with van der Waals surface area (Å²) < 4.78 is 14.1. The number of nitrogens with zero attached hydrogens (tertiary/aromatic N) is 3. The molecule has 3 rings (SSSR count). The molecule has 0 saturated carbocycles. The van der Waals surface area contributed by atoms with Gasteiger partial charge in [-0.05, 0) is 42.1 Å². The predicted octanol–water partition coefficient (Wildman–Crippen LogP) is 4.13. The molecular weight excluding hydrogens is 369 g/mol. The van der Waals surface area contributed by atoms with Crippen molar-refractivity contribution in [3.8, 4) is 0 Å². The first-order valence-electron chi connectivity index (χ1n) is 7.79. The van der Waals surface area contributed by atoms with Crippen LogP contribution >= 0.6 is 24.0 Å². The highest BCUT2D eigenvalue weighted by atomic mass is 32.2. The molecule has 1 saturated heterocycles. The first kappa shape index (κ1) is 18.3. The second-order valence-corrected chi connectivity index (χ2v) is 7.42. The summed E-state index contributed by atoms with van der Waals surface area (Å²) in [6, 6.07) is 14.0. The standard InChI is InChI=1S/C19H16FN3OS2/c1-22(2)15-9-7-13(8-10-15)12-21-23-18(24)17(26-19(23)25)11-14-5-3-4-6-16(14)20/h3-12H,1-2H3/b17-11+,21-12+. The maximum atomic E-state index is 13.8. The largest absolute Gasteiger partial charge is 0.378 e. The number of halogens is 1. The fraction of sp³-hybridized carbons (Fsp3) is 0.105. The van der Waals surface area contributed by atoms with Gasteiger partial charge in [0, 0.05) is 25.3 Å². The van der Waals surface area contributed by atoms with E-state index < -0.39 is 0 Å². The van der Waals surface area contributed by atoms with Crippen LogP contribution in [-0.4, -0.2) is 35.5 Å². The first-order valence-corrected chi connectivity index (χ1v) is 9.02. The lowest BCUT2D eigenvalue weighted by Gasteiger charge is -2.12. The van der Waals surface area contributed by atoms with E-state index in [1.54, 1.807) is 24.4 Å². The molecule has 1 aliphatic heterocycles. The van der Waals surface area contributed by atoms with Crippen molar-refractivity contribution in [1.82, 2.24) is 5.01 Å². The number of hydrogen-bond donors (Lipinski definition) is 0. The van der Waals surface area contributed by atoms with Crippen molar-refractivity contribution in [1.29, 1.82) is 0 Å². The Morgan fingerprint density at radius 1 is 1.15 bits per heavy atom. The third-order valence-electron chi connectivity index (χ3n) is 3.70. The highest BCUT2D eigenvalue weighted by molar-refractivity contribution is 8.26. The number of hydrazone groups is 1. The molecule has 0 unspecified atom stereocenters. The minimum Gasteiger partial charge on any atom is -0.378 e. The molecule has 0 spiro atoms. The van der Waals surface area contributed by atoms with Gasteiger partial charge in [-0.2, -0.15) is 10.1 Å². The van der Waals surface area contributed by atoms with E-state index in [4.69, 9.17) is 12.2 Å². The van der Waals surface area contributed by atoms with Crippen LogP contribution in [0.1, 0.15) is 11.1 Å². The van der Waals surface area contributed by atoms with Crippen molar-refractivity contribution in [2.75, 3.05) is 19.0 Å². The van der Waals surface area contributed by atoms with Crippen molar-refractivity contribution in [3.05, 3.63) is 70.4 Å². The van der Waals surface area contributed by atoms with Gasteiger partial charge < -0.3 is 4.90 Å². The summed E-state index contributed by atoms with van der Waals surface area (Å²) in [5.41, 5.74) is 2.26. The van der Waals surface area contributed by atoms with Crippen molar-refractivity contribution in [3.63, 3.8) is 0 Å². The molecule has 2 aromatic rings. The Balaban J connectivity index is 1.78. The maximum absolute atomic E-state index is 13.8. The zero-order valence-corrected chi connectivity index (χ0v) is 15.9. The number of rotatable bonds is 4. The Hall–Kier alpha value is -2.51. The van der Waals surface area contributed by atoms with Gasteiger partial charge in [0.25, 0.3) is 5.91 Å². The molecule has 1 aliphatic rings. The van der Waals surface area contributed by atoms with E-state index in [1.807, 2.05) is 43.3 Å². The highest BCUT2D eigenvalue weighted by Gasteiger charge is 2.32. The lowest BCUT2D eigenvalue weighted by atomic mass is 10.2. The Kier molecular flexibility index (Phi) is 5.49. The van der Waals surface area contributed by atoms with Crippen LogP contribution in [0.3, 0.4) is 0 Å². The summed E-state index contributed by atoms with van der Waals surface area (Å²) in [4.78, 5) is 14.8. The van der Waals surface area contributed by atoms with Crippen LogP contribution in [0.25, 0.3) is 6.08 Å². The molecule has 0 aromatic heterocycles. The van der Waals surface area contributed by atoms with Crippen LogP contribution < -0.4 is 4.90 Å². The number of anilines is 1. The number of thiocarbonyl (C=S) groups is 1. The van der Waals surface area contributed by atoms with Crippen molar-refractivity contribution >= 4 is 52.2 Å². The van der Waals surface area contributed by atoms with Crippen LogP contribution in [-0.2, 0) is 4.79 Å². The van der Waals surface area contributed by atoms with Gasteiger partial charge in [-0.1, -0.05) is 42.1 Å². The molecule has 132 valence electrons. The van der Waals surface area contributed by atoms with Gasteiger partial charge in [-0.25, -0.2) is 4.39 Å². The van der Waals surface area contributed by atoms with Crippen LogP contribution in [0.15, 0.2) is 58.5 Å². The number of thioether (sulfide) groups is 1. The first-order chi connectivity index (χ1) is 12.5. The molecular formula is C19H16FN3OS2. The molecule has 26 heavy (non-hydrogen) atoms. The molecule has 1 heterocycles. The van der Waals surface area contributed by atoms with Crippen LogP contribution in [0.2, 0.25) is 0 Å². The van der Waals surface area contributed by atoms with Crippen molar-refractivity contribution < 1.29 is 9.18 Å². The van der Waals surface area contributed by atoms with Gasteiger partial charge >= 0.3 is 0 Å². The number of benzene rings is 2. The van der Waals surface area contributed by atoms with Crippen molar-refractivity contribution in [2.24, 2.45) is 5.10 Å². The molecule has 7 heteroatoms. The van der Waals surface area contributed by atoms with Gasteiger partial charge in [0.2, 0.25) is 0 Å². The minimum absolute atomic E-state index is 0.318. The van der Waals surface area contributed by atoms with Gasteiger partial charge in [0.15, 0.2) is 4.32 Å². The predicted molar refractivity (Wildman–Crippen MR) is 110 cm³/mol. The monoisotopic (exact) mass is 385 g/mol. The summed E-state index contributed by atoms with van der Waals surface area (Å²) >= 11 is 6.34. The van der Waals surface area contributed by atoms with Gasteiger partial charge in [0.05, 0.1) is 11.1 Å². The van der Waals surface area contributed by atoms with Gasteiger partial charge in [0.1, 0.15) is 5.82 Å². The number of amides is 1. The minimum atomic E-state index is -0.387. The van der Waals surface area contributed by atoms with E-state index in [0.29, 0.717) is 14.8 Å². The second-order valence-electron chi connectivity index (χ2n) is 5.75. The molecule has 4 nitrogen and oxygen atoms in total. The topological polar surface area (TPSA) is 35.9 Å². The second kappa shape index (κ2) is 7.80. The molecule has 0 radical (unpaired) electrons. The number of carbonyl (C=O) groups excluding carboxylic acids is 1. The van der Waals surface area contributed by atoms with Gasteiger partial charge in [-0.3, -0.25) is 4.79 Å². The summed E-state index contributed by atoms with van der Waals surface area (Å²) in [5.74, 6) is -0.744. The summed E-state index contributed by atoms with van der Waals surface area (Å²) in [5, 5.41) is 5.35. The normalized spacial score (nSPS) is 16.1. The van der Waals surface area contributed by atoms with E-state index in [9.17, 15) is 9.18 Å². The van der Waals surface area contributed by atoms with E-state index in [0.717, 1.165) is 28.0 Å². The highest BCUT2D eigenvalue weighted by Crippen LogP contribution is 2.33. The smallest absolute Gasteiger partial charge is 0.286 e. The maximum Gasteiger partial charge on any atom is 0.286 e. The van der Waals surface area contributed by atoms with E-state index in [1.165, 1.54) is 12.1 Å². The third kappa shape index (κ3) is 4.00. The average molecular weight is 385 g/mol. The van der Waals surface area contributed by atoms with E-state index >= 15 is 0 Å². The molecule has 1 fully saturated rings. The van der Waals surface area contributed by atoms with E-state index in [-0.39, 0.29) is 11.7 Å². The fourth-order valence-electron chi connectivity index (χ4n) is 2.28. The van der Waals surface area contributed by atoms with Crippen LogP contribution in [0.4, 0.5) is 10.1 Å². The number of hydrogen-bond acceptors (Lipinski definition) is 5. The van der Waals surface area contributed by atoms with Crippen molar-refractivity contribution in [2.45, 2.75) is 0 Å². The third-order valence-corrected chi connectivity index (χ3v) is 4.98. The molecule has 0 aliphatic carbocycles. The SMILES string of the molecule is CN(C)c1ccc(/C=N/N2C(=O)/C(=C\c3ccccc3F)SC2=S)cc1. The summed E-state index contributed by atoms with van der Waals surface area (Å²) in [6.07, 6.45) is 3.08. The van der Waals surface area contributed by atoms with Crippen LogP contribution in [0, 0.1) is 5.82 Å². The summed E-state index contributed by atoms with van der Waals surface area (Å²) in [6.45, 7) is 0. The molecule has 1 amide bonds. The number of carbonyl (C=O) groups is 1. The Morgan fingerprint density at radius 3 is 2.50 bits per heavy atom. The Bertz CT molecular complexity index is 907. The molecule has 2 aromatic carbocycles. The van der Waals surface area contributed by atoms with Crippen LogP contribution in [0.5, 0.6) is 0 Å². The lowest BCUT2D eigenvalue weighted by molar-refractivity contribution is -0.122. The average Bonchev–Trinajstić information content (AvgIpc) is 2.89. The molecule has 0 bridgehead atoms. The lowest BCUT2D eigenvalue weighted by Crippen LogP contribution is -2.22. The molecule has 0 atom stereocenters.